The number of carbonyl (C=O) groups is 2. The molecule has 0 heterocycles. The zero-order chi connectivity index (χ0) is 15.1. The molecule has 6 heteroatoms. The highest BCUT2D eigenvalue weighted by Gasteiger charge is 2.18. The molecule has 0 bridgehead atoms. The third-order valence-electron chi connectivity index (χ3n) is 2.51. The predicted molar refractivity (Wildman–Crippen MR) is 71.4 cm³/mol. The van der Waals surface area contributed by atoms with Gasteiger partial charge in [0.05, 0.1) is 12.1 Å². The minimum Gasteiger partial charge on any atom is -0.384 e. The molecule has 106 valence electrons. The van der Waals surface area contributed by atoms with Crippen molar-refractivity contribution >= 4 is 11.8 Å². The van der Waals surface area contributed by atoms with E-state index in [0.29, 0.717) is 5.56 Å². The molecule has 1 rings (SSSR count). The summed E-state index contributed by atoms with van der Waals surface area (Å²) in [5.74, 6) is 3.36. The van der Waals surface area contributed by atoms with Crippen molar-refractivity contribution in [2.24, 2.45) is 0 Å². The molecule has 2 N–H and O–H groups in total. The van der Waals surface area contributed by atoms with Crippen LogP contribution in [0.25, 0.3) is 0 Å². The Labute approximate surface area is 116 Å². The zero-order valence-corrected chi connectivity index (χ0v) is 11.2. The molecule has 0 aliphatic carbocycles. The van der Waals surface area contributed by atoms with Crippen LogP contribution in [0.15, 0.2) is 18.2 Å². The first-order valence-electron chi connectivity index (χ1n) is 5.85. The molecular weight excluding hydrogens is 263 g/mol. The van der Waals surface area contributed by atoms with Crippen molar-refractivity contribution in [1.29, 1.82) is 0 Å². The maximum atomic E-state index is 13.7. The van der Waals surface area contributed by atoms with Gasteiger partial charge in [0.15, 0.2) is 0 Å². The van der Waals surface area contributed by atoms with Crippen molar-refractivity contribution in [3.05, 3.63) is 35.1 Å². The Hall–Kier alpha value is -2.39. The summed E-state index contributed by atoms with van der Waals surface area (Å²) >= 11 is 0. The van der Waals surface area contributed by atoms with E-state index in [1.54, 1.807) is 0 Å². The van der Waals surface area contributed by atoms with E-state index < -0.39 is 11.7 Å². The molecule has 1 aromatic rings. The van der Waals surface area contributed by atoms with Gasteiger partial charge in [-0.25, -0.2) is 4.39 Å². The van der Waals surface area contributed by atoms with E-state index in [1.165, 1.54) is 26.2 Å². The molecule has 0 saturated heterocycles. The zero-order valence-electron chi connectivity index (χ0n) is 11.2. The third-order valence-corrected chi connectivity index (χ3v) is 2.51. The van der Waals surface area contributed by atoms with E-state index in [-0.39, 0.29) is 24.6 Å². The Kier molecular flexibility index (Phi) is 5.69. The van der Waals surface area contributed by atoms with E-state index in [2.05, 4.69) is 17.2 Å². The number of aliphatic hydroxyl groups excluding tert-OH is 1. The molecule has 0 aliphatic rings. The van der Waals surface area contributed by atoms with Crippen LogP contribution in [0.1, 0.15) is 15.9 Å². The number of hydrogen-bond acceptors (Lipinski definition) is 3. The number of rotatable bonds is 3. The second-order valence-electron chi connectivity index (χ2n) is 3.99. The number of amides is 2. The maximum Gasteiger partial charge on any atom is 0.257 e. The molecule has 2 amide bonds. The fourth-order valence-electron chi connectivity index (χ4n) is 1.48. The summed E-state index contributed by atoms with van der Waals surface area (Å²) in [5, 5.41) is 11.0. The van der Waals surface area contributed by atoms with Gasteiger partial charge < -0.3 is 15.3 Å². The molecule has 20 heavy (non-hydrogen) atoms. The minimum atomic E-state index is -0.687. The molecule has 0 aliphatic heterocycles. The van der Waals surface area contributed by atoms with Gasteiger partial charge >= 0.3 is 0 Å². The molecule has 0 radical (unpaired) electrons. The number of benzene rings is 1. The Balaban J connectivity index is 2.99. The van der Waals surface area contributed by atoms with Crippen molar-refractivity contribution in [3.63, 3.8) is 0 Å². The Morgan fingerprint density at radius 2 is 2.15 bits per heavy atom. The number of nitrogens with one attached hydrogen (secondary N) is 1. The van der Waals surface area contributed by atoms with Crippen LogP contribution in [0.2, 0.25) is 0 Å². The summed E-state index contributed by atoms with van der Waals surface area (Å²) in [6.45, 7) is -0.488. The average Bonchev–Trinajstić information content (AvgIpc) is 2.45. The van der Waals surface area contributed by atoms with Crippen LogP contribution < -0.4 is 5.32 Å². The summed E-state index contributed by atoms with van der Waals surface area (Å²) in [6.07, 6.45) is 0. The minimum absolute atomic E-state index is 0.165. The van der Waals surface area contributed by atoms with Crippen LogP contribution in [-0.2, 0) is 4.79 Å². The lowest BCUT2D eigenvalue weighted by Gasteiger charge is -2.16. The highest BCUT2D eigenvalue weighted by molar-refractivity contribution is 5.96. The van der Waals surface area contributed by atoms with Gasteiger partial charge in [-0.15, -0.1) is 0 Å². The van der Waals surface area contributed by atoms with Gasteiger partial charge in [0.25, 0.3) is 5.91 Å². The van der Waals surface area contributed by atoms with E-state index >= 15 is 0 Å². The predicted octanol–water partition coefficient (Wildman–Crippen LogP) is -0.0125. The fraction of sp³-hybridized carbons (Fsp3) is 0.286. The molecule has 5 nitrogen and oxygen atoms in total. The molecular formula is C14H15FN2O3. The molecule has 0 unspecified atom stereocenters. The summed E-state index contributed by atoms with van der Waals surface area (Å²) in [6, 6.07) is 3.83. The number of likely N-dealkylation sites (N-methyl/N-ethyl adjacent to an activating group) is 2. The van der Waals surface area contributed by atoms with Gasteiger partial charge in [-0.2, -0.15) is 0 Å². The van der Waals surface area contributed by atoms with Crippen LogP contribution in [0.4, 0.5) is 4.39 Å². The molecule has 0 spiro atoms. The molecule has 1 aromatic carbocycles. The number of aliphatic hydroxyl groups is 1. The number of hydrogen-bond donors (Lipinski definition) is 2. The summed E-state index contributed by atoms with van der Waals surface area (Å²) in [5.41, 5.74) is 0.248. The summed E-state index contributed by atoms with van der Waals surface area (Å²) in [7, 11) is 2.86. The van der Waals surface area contributed by atoms with Crippen molar-refractivity contribution < 1.29 is 19.1 Å². The van der Waals surface area contributed by atoms with Crippen LogP contribution >= 0.6 is 0 Å². The first-order chi connectivity index (χ1) is 9.49. The second kappa shape index (κ2) is 7.26. The highest BCUT2D eigenvalue weighted by atomic mass is 19.1. The number of carbonyl (C=O) groups excluding carboxylic acids is 2. The topological polar surface area (TPSA) is 69.6 Å². The van der Waals surface area contributed by atoms with Crippen LogP contribution in [0.5, 0.6) is 0 Å². The monoisotopic (exact) mass is 278 g/mol. The lowest BCUT2D eigenvalue weighted by molar-refractivity contribution is -0.121. The Morgan fingerprint density at radius 1 is 1.45 bits per heavy atom. The molecule has 0 atom stereocenters. The van der Waals surface area contributed by atoms with Gasteiger partial charge in [0.1, 0.15) is 12.4 Å². The fourth-order valence-corrected chi connectivity index (χ4v) is 1.48. The third kappa shape index (κ3) is 4.07. The van der Waals surface area contributed by atoms with Crippen molar-refractivity contribution in [2.75, 3.05) is 27.2 Å². The Morgan fingerprint density at radius 3 is 2.75 bits per heavy atom. The van der Waals surface area contributed by atoms with Crippen molar-refractivity contribution in [2.45, 2.75) is 0 Å². The first kappa shape index (κ1) is 15.7. The first-order valence-corrected chi connectivity index (χ1v) is 5.85. The van der Waals surface area contributed by atoms with Gasteiger partial charge in [0, 0.05) is 19.7 Å². The van der Waals surface area contributed by atoms with E-state index in [4.69, 9.17) is 5.11 Å². The van der Waals surface area contributed by atoms with Gasteiger partial charge in [-0.05, 0) is 18.2 Å². The quantitative estimate of drug-likeness (QED) is 0.764. The maximum absolute atomic E-state index is 13.7. The number of nitrogens with zero attached hydrogens (tertiary/aromatic N) is 1. The largest absolute Gasteiger partial charge is 0.384 e. The molecule has 0 saturated carbocycles. The Bertz CT molecular complexity index is 576. The normalized spacial score (nSPS) is 9.40. The standard InChI is InChI=1S/C14H15FN2O3/c1-16-13(19)9-17(2)14(20)11-8-10(4-3-7-18)5-6-12(11)15/h5-6,8,18H,7,9H2,1-2H3,(H,16,19). The molecule has 0 fully saturated rings. The van der Waals surface area contributed by atoms with Crippen LogP contribution in [-0.4, -0.2) is 49.1 Å². The smallest absolute Gasteiger partial charge is 0.257 e. The van der Waals surface area contributed by atoms with Gasteiger partial charge in [-0.1, -0.05) is 11.8 Å². The summed E-state index contributed by atoms with van der Waals surface area (Å²) < 4.78 is 13.7. The lowest BCUT2D eigenvalue weighted by atomic mass is 10.1. The number of halogens is 1. The van der Waals surface area contributed by atoms with Gasteiger partial charge in [-0.3, -0.25) is 9.59 Å². The van der Waals surface area contributed by atoms with Crippen LogP contribution in [0.3, 0.4) is 0 Å². The van der Waals surface area contributed by atoms with Crippen molar-refractivity contribution in [1.82, 2.24) is 10.2 Å². The molecule has 0 aromatic heterocycles. The summed E-state index contributed by atoms with van der Waals surface area (Å²) in [4.78, 5) is 24.4. The average molecular weight is 278 g/mol. The van der Waals surface area contributed by atoms with Crippen molar-refractivity contribution in [3.8, 4) is 11.8 Å². The SMILES string of the molecule is CNC(=O)CN(C)C(=O)c1cc(C#CCO)ccc1F. The van der Waals surface area contributed by atoms with E-state index in [0.717, 1.165) is 11.0 Å². The second-order valence-corrected chi connectivity index (χ2v) is 3.99. The lowest BCUT2D eigenvalue weighted by Crippen LogP contribution is -2.37. The van der Waals surface area contributed by atoms with E-state index in [9.17, 15) is 14.0 Å². The van der Waals surface area contributed by atoms with E-state index in [1.807, 2.05) is 0 Å². The van der Waals surface area contributed by atoms with Gasteiger partial charge in [0.2, 0.25) is 5.91 Å². The van der Waals surface area contributed by atoms with Crippen LogP contribution in [0, 0.1) is 17.7 Å². The highest BCUT2D eigenvalue weighted by Crippen LogP contribution is 2.12.